The van der Waals surface area contributed by atoms with Crippen molar-refractivity contribution in [2.75, 3.05) is 5.73 Å². The van der Waals surface area contributed by atoms with Crippen molar-refractivity contribution in [1.82, 2.24) is 4.57 Å². The highest BCUT2D eigenvalue weighted by Crippen LogP contribution is 2.22. The first-order valence-corrected chi connectivity index (χ1v) is 6.10. The number of fused-ring (bicyclic) bond motifs is 1. The molecule has 0 fully saturated rings. The fraction of sp³-hybridized carbons (Fsp3) is 0.0625. The monoisotopic (exact) mass is 247 g/mol. The third kappa shape index (κ3) is 2.04. The molecular formula is C16H13N3. The van der Waals surface area contributed by atoms with E-state index in [9.17, 15) is 0 Å². The molecule has 19 heavy (non-hydrogen) atoms. The summed E-state index contributed by atoms with van der Waals surface area (Å²) in [7, 11) is 0. The Labute approximate surface area is 111 Å². The number of rotatable bonds is 2. The fourth-order valence-corrected chi connectivity index (χ4v) is 2.32. The Bertz CT molecular complexity index is 778. The summed E-state index contributed by atoms with van der Waals surface area (Å²) < 4.78 is 2.14. The first-order valence-electron chi connectivity index (χ1n) is 6.10. The van der Waals surface area contributed by atoms with Crippen LogP contribution in [0.5, 0.6) is 0 Å². The first kappa shape index (κ1) is 11.4. The third-order valence-corrected chi connectivity index (χ3v) is 3.26. The summed E-state index contributed by atoms with van der Waals surface area (Å²) in [5.41, 5.74) is 9.66. The Kier molecular flexibility index (Phi) is 2.70. The van der Waals surface area contributed by atoms with E-state index in [0.29, 0.717) is 5.56 Å². The quantitative estimate of drug-likeness (QED) is 0.707. The van der Waals surface area contributed by atoms with Crippen LogP contribution in [0.2, 0.25) is 0 Å². The lowest BCUT2D eigenvalue weighted by Gasteiger charge is -2.06. The SMILES string of the molecule is N#Cc1cccc(Cn2ccc3c(N)cccc32)c1. The number of nitriles is 1. The van der Waals surface area contributed by atoms with Gasteiger partial charge in [-0.05, 0) is 35.9 Å². The Morgan fingerprint density at radius 3 is 2.79 bits per heavy atom. The maximum atomic E-state index is 8.92. The predicted octanol–water partition coefficient (Wildman–Crippen LogP) is 3.14. The molecule has 92 valence electrons. The molecule has 3 heteroatoms. The summed E-state index contributed by atoms with van der Waals surface area (Å²) in [6, 6.07) is 17.8. The summed E-state index contributed by atoms with van der Waals surface area (Å²) in [6.07, 6.45) is 2.03. The van der Waals surface area contributed by atoms with Crippen molar-refractivity contribution in [2.45, 2.75) is 6.54 Å². The van der Waals surface area contributed by atoms with Gasteiger partial charge in [0.2, 0.25) is 0 Å². The summed E-state index contributed by atoms with van der Waals surface area (Å²) >= 11 is 0. The van der Waals surface area contributed by atoms with Gasteiger partial charge in [0.05, 0.1) is 17.1 Å². The molecule has 0 aliphatic carbocycles. The Hall–Kier alpha value is -2.73. The average molecular weight is 247 g/mol. The van der Waals surface area contributed by atoms with Gasteiger partial charge >= 0.3 is 0 Å². The maximum absolute atomic E-state index is 8.92. The maximum Gasteiger partial charge on any atom is 0.0991 e. The molecule has 0 saturated carbocycles. The van der Waals surface area contributed by atoms with Gasteiger partial charge in [-0.2, -0.15) is 5.26 Å². The summed E-state index contributed by atoms with van der Waals surface area (Å²) in [4.78, 5) is 0. The minimum Gasteiger partial charge on any atom is -0.398 e. The normalized spacial score (nSPS) is 10.5. The zero-order chi connectivity index (χ0) is 13.2. The fourth-order valence-electron chi connectivity index (χ4n) is 2.32. The molecule has 3 rings (SSSR count). The van der Waals surface area contributed by atoms with Crippen LogP contribution >= 0.6 is 0 Å². The highest BCUT2D eigenvalue weighted by molar-refractivity contribution is 5.91. The second kappa shape index (κ2) is 4.51. The largest absolute Gasteiger partial charge is 0.398 e. The van der Waals surface area contributed by atoms with Crippen LogP contribution in [0.15, 0.2) is 54.7 Å². The van der Waals surface area contributed by atoms with Crippen LogP contribution in [0.3, 0.4) is 0 Å². The van der Waals surface area contributed by atoms with Gasteiger partial charge in [0.15, 0.2) is 0 Å². The topological polar surface area (TPSA) is 54.7 Å². The summed E-state index contributed by atoms with van der Waals surface area (Å²) in [6.45, 7) is 0.739. The highest BCUT2D eigenvalue weighted by atomic mass is 15.0. The smallest absolute Gasteiger partial charge is 0.0991 e. The highest BCUT2D eigenvalue weighted by Gasteiger charge is 2.04. The predicted molar refractivity (Wildman–Crippen MR) is 76.6 cm³/mol. The molecule has 0 spiro atoms. The number of hydrogen-bond acceptors (Lipinski definition) is 2. The van der Waals surface area contributed by atoms with Crippen molar-refractivity contribution in [3.05, 3.63) is 65.9 Å². The van der Waals surface area contributed by atoms with E-state index in [4.69, 9.17) is 11.0 Å². The lowest BCUT2D eigenvalue weighted by Crippen LogP contribution is -1.98. The van der Waals surface area contributed by atoms with Crippen LogP contribution < -0.4 is 5.73 Å². The Balaban J connectivity index is 2.02. The second-order valence-electron chi connectivity index (χ2n) is 4.54. The van der Waals surface area contributed by atoms with Gasteiger partial charge in [-0.25, -0.2) is 0 Å². The van der Waals surface area contributed by atoms with Crippen molar-refractivity contribution in [2.24, 2.45) is 0 Å². The van der Waals surface area contributed by atoms with Gasteiger partial charge in [-0.15, -0.1) is 0 Å². The van der Waals surface area contributed by atoms with Crippen LogP contribution in [0, 0.1) is 11.3 Å². The van der Waals surface area contributed by atoms with Crippen LogP contribution in [0.4, 0.5) is 5.69 Å². The molecule has 0 radical (unpaired) electrons. The van der Waals surface area contributed by atoms with Crippen LogP contribution in [0.1, 0.15) is 11.1 Å². The van der Waals surface area contributed by atoms with Gasteiger partial charge in [0.1, 0.15) is 0 Å². The number of nitrogen functional groups attached to an aromatic ring is 1. The molecule has 0 amide bonds. The van der Waals surface area contributed by atoms with Crippen LogP contribution in [-0.2, 0) is 6.54 Å². The number of nitrogens with zero attached hydrogens (tertiary/aromatic N) is 2. The van der Waals surface area contributed by atoms with Crippen molar-refractivity contribution in [3.63, 3.8) is 0 Å². The van der Waals surface area contributed by atoms with Crippen molar-refractivity contribution in [1.29, 1.82) is 5.26 Å². The molecule has 0 aliphatic heterocycles. The summed E-state index contributed by atoms with van der Waals surface area (Å²) in [5, 5.41) is 9.99. The molecule has 0 unspecified atom stereocenters. The Morgan fingerprint density at radius 2 is 1.95 bits per heavy atom. The van der Waals surface area contributed by atoms with Gasteiger partial charge in [-0.3, -0.25) is 0 Å². The van der Waals surface area contributed by atoms with E-state index >= 15 is 0 Å². The molecule has 1 heterocycles. The first-order chi connectivity index (χ1) is 9.28. The van der Waals surface area contributed by atoms with Crippen molar-refractivity contribution in [3.8, 4) is 6.07 Å². The number of benzene rings is 2. The second-order valence-corrected chi connectivity index (χ2v) is 4.54. The number of hydrogen-bond donors (Lipinski definition) is 1. The van der Waals surface area contributed by atoms with E-state index < -0.39 is 0 Å². The van der Waals surface area contributed by atoms with Crippen molar-refractivity contribution >= 4 is 16.6 Å². The van der Waals surface area contributed by atoms with Gasteiger partial charge in [-0.1, -0.05) is 18.2 Å². The minimum absolute atomic E-state index is 0.688. The molecule has 0 saturated heterocycles. The number of aromatic nitrogens is 1. The summed E-state index contributed by atoms with van der Waals surface area (Å²) in [5.74, 6) is 0. The van der Waals surface area contributed by atoms with Crippen molar-refractivity contribution < 1.29 is 0 Å². The number of anilines is 1. The molecule has 1 aromatic heterocycles. The molecule has 0 aliphatic rings. The van der Waals surface area contributed by atoms with E-state index in [1.54, 1.807) is 0 Å². The third-order valence-electron chi connectivity index (χ3n) is 3.26. The Morgan fingerprint density at radius 1 is 1.11 bits per heavy atom. The molecule has 2 aromatic carbocycles. The zero-order valence-electron chi connectivity index (χ0n) is 10.4. The molecule has 0 bridgehead atoms. The van der Waals surface area contributed by atoms with E-state index in [-0.39, 0.29) is 0 Å². The number of nitrogens with two attached hydrogens (primary N) is 1. The van der Waals surface area contributed by atoms with Gasteiger partial charge < -0.3 is 10.3 Å². The van der Waals surface area contributed by atoms with Gasteiger partial charge in [0, 0.05) is 23.8 Å². The van der Waals surface area contributed by atoms with Crippen LogP contribution in [-0.4, -0.2) is 4.57 Å². The van der Waals surface area contributed by atoms with E-state index in [1.165, 1.54) is 0 Å². The standard InChI is InChI=1S/C16H13N3/c17-10-12-3-1-4-13(9-12)11-19-8-7-14-15(18)5-2-6-16(14)19/h1-9H,11,18H2. The lowest BCUT2D eigenvalue weighted by atomic mass is 10.1. The molecule has 3 aromatic rings. The van der Waals surface area contributed by atoms with E-state index in [1.807, 2.05) is 48.7 Å². The molecular weight excluding hydrogens is 234 g/mol. The average Bonchev–Trinajstić information content (AvgIpc) is 2.84. The minimum atomic E-state index is 0.688. The lowest BCUT2D eigenvalue weighted by molar-refractivity contribution is 0.836. The van der Waals surface area contributed by atoms with E-state index in [2.05, 4.69) is 16.7 Å². The molecule has 3 nitrogen and oxygen atoms in total. The molecule has 2 N–H and O–H groups in total. The van der Waals surface area contributed by atoms with E-state index in [0.717, 1.165) is 28.7 Å². The van der Waals surface area contributed by atoms with Gasteiger partial charge in [0.25, 0.3) is 0 Å². The molecule has 0 atom stereocenters. The zero-order valence-corrected chi connectivity index (χ0v) is 10.4. The van der Waals surface area contributed by atoms with Crippen LogP contribution in [0.25, 0.3) is 10.9 Å².